The highest BCUT2D eigenvalue weighted by molar-refractivity contribution is 5.81. The van der Waals surface area contributed by atoms with E-state index < -0.39 is 0 Å². The molecule has 0 aromatic rings. The first kappa shape index (κ1) is 14.5. The number of rotatable bonds is 5. The van der Waals surface area contributed by atoms with Crippen molar-refractivity contribution in [3.05, 3.63) is 0 Å². The minimum Gasteiger partial charge on any atom is -0.355 e. The summed E-state index contributed by atoms with van der Waals surface area (Å²) in [4.78, 5) is 14.3. The maximum absolute atomic E-state index is 12.0. The van der Waals surface area contributed by atoms with Crippen molar-refractivity contribution >= 4 is 5.91 Å². The molecule has 1 aliphatic rings. The summed E-state index contributed by atoms with van der Waals surface area (Å²) in [6, 6.07) is 0.431. The fraction of sp³-hybridized carbons (Fsp3) is 0.923. The van der Waals surface area contributed by atoms with Crippen molar-refractivity contribution in [2.75, 3.05) is 13.1 Å². The molecule has 1 fully saturated rings. The van der Waals surface area contributed by atoms with Crippen LogP contribution in [-0.2, 0) is 4.79 Å². The molecule has 17 heavy (non-hydrogen) atoms. The van der Waals surface area contributed by atoms with Crippen molar-refractivity contribution in [2.24, 2.45) is 5.73 Å². The van der Waals surface area contributed by atoms with Crippen LogP contribution < -0.4 is 11.1 Å². The number of carbonyl (C=O) groups excluding carboxylic acids is 1. The van der Waals surface area contributed by atoms with Crippen molar-refractivity contribution in [1.29, 1.82) is 0 Å². The van der Waals surface area contributed by atoms with E-state index in [2.05, 4.69) is 17.1 Å². The minimum atomic E-state index is -0.0575. The molecule has 1 heterocycles. The van der Waals surface area contributed by atoms with Crippen LogP contribution in [-0.4, -0.2) is 42.0 Å². The Labute approximate surface area is 105 Å². The molecule has 3 N–H and O–H groups in total. The van der Waals surface area contributed by atoms with Gasteiger partial charge >= 0.3 is 0 Å². The van der Waals surface area contributed by atoms with Gasteiger partial charge in [0.25, 0.3) is 0 Å². The molecule has 0 bridgehead atoms. The second kappa shape index (κ2) is 6.97. The van der Waals surface area contributed by atoms with Gasteiger partial charge in [0.05, 0.1) is 6.04 Å². The highest BCUT2D eigenvalue weighted by Crippen LogP contribution is 2.21. The molecule has 0 aromatic carbocycles. The fourth-order valence-electron chi connectivity index (χ4n) is 2.57. The summed E-state index contributed by atoms with van der Waals surface area (Å²) in [5.74, 6) is 0.138. The van der Waals surface area contributed by atoms with E-state index in [4.69, 9.17) is 5.73 Å². The van der Waals surface area contributed by atoms with Crippen LogP contribution in [0.3, 0.4) is 0 Å². The van der Waals surface area contributed by atoms with Gasteiger partial charge in [-0.25, -0.2) is 0 Å². The van der Waals surface area contributed by atoms with Gasteiger partial charge in [-0.05, 0) is 39.7 Å². The van der Waals surface area contributed by atoms with Crippen molar-refractivity contribution in [3.8, 4) is 0 Å². The molecular weight excluding hydrogens is 214 g/mol. The highest BCUT2D eigenvalue weighted by atomic mass is 16.2. The lowest BCUT2D eigenvalue weighted by molar-refractivity contribution is -0.127. The van der Waals surface area contributed by atoms with Crippen LogP contribution in [0, 0.1) is 0 Å². The van der Waals surface area contributed by atoms with E-state index in [9.17, 15) is 4.79 Å². The highest BCUT2D eigenvalue weighted by Gasteiger charge is 2.31. The number of nitrogens with one attached hydrogen (secondary N) is 1. The van der Waals surface area contributed by atoms with Crippen LogP contribution in [0.15, 0.2) is 0 Å². The third kappa shape index (κ3) is 3.96. The molecular formula is C13H27N3O. The van der Waals surface area contributed by atoms with Gasteiger partial charge in [-0.3, -0.25) is 9.69 Å². The second-order valence-corrected chi connectivity index (χ2v) is 5.13. The summed E-state index contributed by atoms with van der Waals surface area (Å²) in [7, 11) is 0. The summed E-state index contributed by atoms with van der Waals surface area (Å²) in [5.41, 5.74) is 6.02. The average molecular weight is 241 g/mol. The van der Waals surface area contributed by atoms with Crippen molar-refractivity contribution in [1.82, 2.24) is 10.2 Å². The number of piperidine rings is 1. The Hall–Kier alpha value is -0.610. The second-order valence-electron chi connectivity index (χ2n) is 5.13. The maximum Gasteiger partial charge on any atom is 0.237 e. The number of hydrogen-bond acceptors (Lipinski definition) is 3. The van der Waals surface area contributed by atoms with E-state index in [0.717, 1.165) is 25.9 Å². The molecule has 4 nitrogen and oxygen atoms in total. The number of carbonyl (C=O) groups is 1. The third-order valence-electron chi connectivity index (χ3n) is 3.63. The summed E-state index contributed by atoms with van der Waals surface area (Å²) in [5, 5.41) is 2.97. The average Bonchev–Trinajstić information content (AvgIpc) is 2.34. The van der Waals surface area contributed by atoms with E-state index in [1.165, 1.54) is 12.8 Å². The van der Waals surface area contributed by atoms with Crippen LogP contribution >= 0.6 is 0 Å². The largest absolute Gasteiger partial charge is 0.355 e. The molecule has 1 amide bonds. The number of amides is 1. The zero-order chi connectivity index (χ0) is 12.8. The van der Waals surface area contributed by atoms with Crippen LogP contribution in [0.5, 0.6) is 0 Å². The molecule has 100 valence electrons. The Balaban J connectivity index is 2.57. The zero-order valence-corrected chi connectivity index (χ0v) is 11.4. The van der Waals surface area contributed by atoms with Gasteiger partial charge in [-0.2, -0.15) is 0 Å². The minimum absolute atomic E-state index is 0.0575. The van der Waals surface area contributed by atoms with Crippen molar-refractivity contribution < 1.29 is 4.79 Å². The Bertz CT molecular complexity index is 243. The summed E-state index contributed by atoms with van der Waals surface area (Å²) >= 11 is 0. The predicted octanol–water partition coefficient (Wildman–Crippen LogP) is 1.10. The molecule has 1 aliphatic heterocycles. The standard InChI is InChI=1S/C13H27N3O/c1-4-8-15-13(17)11(3)16-9-6-5-7-12(16)10(2)14/h10-12H,4-9,14H2,1-3H3,(H,15,17). The molecule has 0 aromatic heterocycles. The lowest BCUT2D eigenvalue weighted by atomic mass is 9.95. The SMILES string of the molecule is CCCNC(=O)C(C)N1CCCCC1C(C)N. The van der Waals surface area contributed by atoms with E-state index in [-0.39, 0.29) is 18.0 Å². The Kier molecular flexibility index (Phi) is 5.92. The van der Waals surface area contributed by atoms with Crippen LogP contribution in [0.4, 0.5) is 0 Å². The first-order valence-corrected chi connectivity index (χ1v) is 6.87. The Morgan fingerprint density at radius 1 is 1.47 bits per heavy atom. The normalized spacial score (nSPS) is 25.3. The molecule has 1 rings (SSSR count). The van der Waals surface area contributed by atoms with Crippen LogP contribution in [0.25, 0.3) is 0 Å². The summed E-state index contributed by atoms with van der Waals surface area (Å²) in [6.07, 6.45) is 4.50. The topological polar surface area (TPSA) is 58.4 Å². The number of hydrogen-bond donors (Lipinski definition) is 2. The van der Waals surface area contributed by atoms with E-state index >= 15 is 0 Å². The van der Waals surface area contributed by atoms with Gasteiger partial charge in [0.1, 0.15) is 0 Å². The van der Waals surface area contributed by atoms with E-state index in [0.29, 0.717) is 6.04 Å². The quantitative estimate of drug-likeness (QED) is 0.758. The lowest BCUT2D eigenvalue weighted by Gasteiger charge is -2.41. The first-order chi connectivity index (χ1) is 8.07. The molecule has 3 unspecified atom stereocenters. The Morgan fingerprint density at radius 2 is 2.18 bits per heavy atom. The molecule has 0 radical (unpaired) electrons. The Morgan fingerprint density at radius 3 is 2.76 bits per heavy atom. The molecule has 0 saturated carbocycles. The molecule has 0 aliphatic carbocycles. The smallest absolute Gasteiger partial charge is 0.237 e. The van der Waals surface area contributed by atoms with Gasteiger partial charge in [-0.1, -0.05) is 13.3 Å². The van der Waals surface area contributed by atoms with Gasteiger partial charge in [0, 0.05) is 18.6 Å². The molecule has 3 atom stereocenters. The van der Waals surface area contributed by atoms with Crippen molar-refractivity contribution in [3.63, 3.8) is 0 Å². The molecule has 4 heteroatoms. The van der Waals surface area contributed by atoms with E-state index in [1.54, 1.807) is 0 Å². The maximum atomic E-state index is 12.0. The first-order valence-electron chi connectivity index (χ1n) is 6.87. The van der Waals surface area contributed by atoms with Gasteiger partial charge < -0.3 is 11.1 Å². The summed E-state index contributed by atoms with van der Waals surface area (Å²) < 4.78 is 0. The predicted molar refractivity (Wildman–Crippen MR) is 70.8 cm³/mol. The lowest BCUT2D eigenvalue weighted by Crippen LogP contribution is -2.56. The monoisotopic (exact) mass is 241 g/mol. The van der Waals surface area contributed by atoms with Crippen molar-refractivity contribution in [2.45, 2.75) is 64.6 Å². The number of nitrogens with two attached hydrogens (primary N) is 1. The molecule has 1 saturated heterocycles. The zero-order valence-electron chi connectivity index (χ0n) is 11.4. The van der Waals surface area contributed by atoms with Gasteiger partial charge in [0.15, 0.2) is 0 Å². The number of likely N-dealkylation sites (tertiary alicyclic amines) is 1. The van der Waals surface area contributed by atoms with E-state index in [1.807, 2.05) is 13.8 Å². The summed E-state index contributed by atoms with van der Waals surface area (Å²) in [6.45, 7) is 7.86. The fourth-order valence-corrected chi connectivity index (χ4v) is 2.57. The third-order valence-corrected chi connectivity index (χ3v) is 3.63. The van der Waals surface area contributed by atoms with Crippen LogP contribution in [0.1, 0.15) is 46.5 Å². The number of nitrogens with zero attached hydrogens (tertiary/aromatic N) is 1. The van der Waals surface area contributed by atoms with Crippen LogP contribution in [0.2, 0.25) is 0 Å². The molecule has 0 spiro atoms. The van der Waals surface area contributed by atoms with Gasteiger partial charge in [-0.15, -0.1) is 0 Å². The van der Waals surface area contributed by atoms with Gasteiger partial charge in [0.2, 0.25) is 5.91 Å².